The smallest absolute Gasteiger partial charge is 0.337 e. The molecule has 1 aromatic carbocycles. The summed E-state index contributed by atoms with van der Waals surface area (Å²) in [6.07, 6.45) is 5.43. The largest absolute Gasteiger partial charge is 0.465 e. The maximum atomic E-state index is 12.8. The molecule has 6 nitrogen and oxygen atoms in total. The Morgan fingerprint density at radius 3 is 2.75 bits per heavy atom. The van der Waals surface area contributed by atoms with E-state index < -0.39 is 17.3 Å². The highest BCUT2D eigenvalue weighted by Crippen LogP contribution is 2.55. The van der Waals surface area contributed by atoms with Crippen molar-refractivity contribution in [1.29, 1.82) is 5.26 Å². The summed E-state index contributed by atoms with van der Waals surface area (Å²) >= 11 is 0. The molecule has 6 heteroatoms. The van der Waals surface area contributed by atoms with Crippen molar-refractivity contribution in [2.45, 2.75) is 31.6 Å². The lowest BCUT2D eigenvalue weighted by Crippen LogP contribution is -2.53. The molecule has 1 fully saturated rings. The van der Waals surface area contributed by atoms with Crippen LogP contribution in [0.1, 0.15) is 46.9 Å². The number of carbonyl (C=O) groups excluding carboxylic acids is 2. The van der Waals surface area contributed by atoms with Crippen LogP contribution in [-0.4, -0.2) is 28.8 Å². The van der Waals surface area contributed by atoms with Gasteiger partial charge in [-0.1, -0.05) is 19.1 Å². The lowest BCUT2D eigenvalue weighted by atomic mass is 9.51. The Morgan fingerprint density at radius 2 is 2.07 bits per heavy atom. The van der Waals surface area contributed by atoms with E-state index in [-0.39, 0.29) is 17.6 Å². The van der Waals surface area contributed by atoms with Gasteiger partial charge in [-0.05, 0) is 48.4 Å². The minimum absolute atomic E-state index is 0.0202. The van der Waals surface area contributed by atoms with Crippen LogP contribution < -0.4 is 0 Å². The molecular formula is C22H21N3O3. The minimum Gasteiger partial charge on any atom is -0.465 e. The number of rotatable bonds is 2. The van der Waals surface area contributed by atoms with Gasteiger partial charge < -0.3 is 4.74 Å². The van der Waals surface area contributed by atoms with E-state index in [2.05, 4.69) is 16.0 Å². The molecule has 28 heavy (non-hydrogen) atoms. The summed E-state index contributed by atoms with van der Waals surface area (Å²) < 4.78 is 4.80. The lowest BCUT2D eigenvalue weighted by Gasteiger charge is -2.51. The summed E-state index contributed by atoms with van der Waals surface area (Å²) in [6, 6.07) is 9.52. The van der Waals surface area contributed by atoms with Crippen molar-refractivity contribution in [3.05, 3.63) is 59.2 Å². The topological polar surface area (TPSA) is 92.9 Å². The van der Waals surface area contributed by atoms with Gasteiger partial charge >= 0.3 is 5.97 Å². The molecule has 1 heterocycles. The maximum absolute atomic E-state index is 12.8. The number of carbonyl (C=O) groups is 2. The van der Waals surface area contributed by atoms with E-state index in [4.69, 9.17) is 4.74 Å². The predicted molar refractivity (Wildman–Crippen MR) is 100 cm³/mol. The Bertz CT molecular complexity index is 979. The Morgan fingerprint density at radius 1 is 1.32 bits per heavy atom. The number of ether oxygens (including phenoxy) is 1. The molecule has 0 spiro atoms. The molecule has 0 bridgehead atoms. The fraction of sp³-hybridized carbons (Fsp3) is 0.409. The highest BCUT2D eigenvalue weighted by atomic mass is 16.5. The van der Waals surface area contributed by atoms with Gasteiger partial charge in [-0.2, -0.15) is 5.26 Å². The summed E-state index contributed by atoms with van der Waals surface area (Å²) in [7, 11) is 1.35. The standard InChI is InChI=1S/C22H21N3O3/c1-13-18-8-5-15-11-24-12-25-20(15)22(18,9-16(10-23)19(13)26)17-6-3-14(4-7-17)21(27)28-2/h3-4,6-7,11-13,16,18H,5,8-9H2,1-2H3/t13-,16?,18-,22+/m0/s1. The van der Waals surface area contributed by atoms with E-state index in [0.717, 1.165) is 29.7 Å². The number of methoxy groups -OCH3 is 1. The number of ketones is 1. The molecule has 0 radical (unpaired) electrons. The fourth-order valence-electron chi connectivity index (χ4n) is 5.14. The van der Waals surface area contributed by atoms with E-state index in [1.165, 1.54) is 13.4 Å². The van der Waals surface area contributed by atoms with Gasteiger partial charge in [0.15, 0.2) is 5.78 Å². The van der Waals surface area contributed by atoms with Gasteiger partial charge in [0.1, 0.15) is 12.2 Å². The zero-order chi connectivity index (χ0) is 19.9. The van der Waals surface area contributed by atoms with Gasteiger partial charge in [0, 0.05) is 17.5 Å². The molecule has 4 atom stereocenters. The first-order valence-electron chi connectivity index (χ1n) is 9.44. The second-order valence-electron chi connectivity index (χ2n) is 7.66. The number of hydrogen-bond donors (Lipinski definition) is 0. The van der Waals surface area contributed by atoms with E-state index in [9.17, 15) is 14.9 Å². The zero-order valence-corrected chi connectivity index (χ0v) is 15.9. The minimum atomic E-state index is -0.674. The van der Waals surface area contributed by atoms with Crippen molar-refractivity contribution in [3.63, 3.8) is 0 Å². The molecule has 2 aliphatic rings. The number of aryl methyl sites for hydroxylation is 1. The maximum Gasteiger partial charge on any atom is 0.337 e. The first kappa shape index (κ1) is 18.3. The quantitative estimate of drug-likeness (QED) is 0.750. The molecule has 1 aromatic heterocycles. The molecule has 2 aromatic rings. The first-order valence-corrected chi connectivity index (χ1v) is 9.44. The highest BCUT2D eigenvalue weighted by Gasteiger charge is 2.56. The number of Topliss-reactive ketones (excluding diaryl/α,β-unsaturated/α-hetero) is 1. The van der Waals surface area contributed by atoms with Gasteiger partial charge in [-0.15, -0.1) is 0 Å². The number of esters is 1. The third-order valence-electron chi connectivity index (χ3n) is 6.47. The Hall–Kier alpha value is -3.07. The molecule has 1 saturated carbocycles. The SMILES string of the molecule is COC(=O)c1ccc([C@]23CC(C#N)C(=O)[C@@H](C)[C@@H]2CCc2cncnc23)cc1. The Balaban J connectivity index is 1.93. The average molecular weight is 375 g/mol. The number of benzene rings is 1. The molecule has 0 N–H and O–H groups in total. The summed E-state index contributed by atoms with van der Waals surface area (Å²) in [5, 5.41) is 9.66. The Labute approximate surface area is 163 Å². The van der Waals surface area contributed by atoms with Crippen molar-refractivity contribution in [1.82, 2.24) is 9.97 Å². The van der Waals surface area contributed by atoms with Crippen LogP contribution in [0.25, 0.3) is 0 Å². The second-order valence-corrected chi connectivity index (χ2v) is 7.66. The summed E-state index contributed by atoms with van der Waals surface area (Å²) in [5.74, 6) is -1.23. The van der Waals surface area contributed by atoms with E-state index in [1.807, 2.05) is 25.3 Å². The second kappa shape index (κ2) is 6.83. The van der Waals surface area contributed by atoms with Crippen LogP contribution in [0.5, 0.6) is 0 Å². The number of aromatic nitrogens is 2. The number of fused-ring (bicyclic) bond motifs is 3. The van der Waals surface area contributed by atoms with Gasteiger partial charge in [-0.3, -0.25) is 4.79 Å². The van der Waals surface area contributed by atoms with Gasteiger partial charge in [0.05, 0.1) is 24.4 Å². The van der Waals surface area contributed by atoms with Crippen molar-refractivity contribution >= 4 is 11.8 Å². The molecule has 142 valence electrons. The van der Waals surface area contributed by atoms with E-state index in [1.54, 1.807) is 12.1 Å². The van der Waals surface area contributed by atoms with Crippen LogP contribution in [0.15, 0.2) is 36.8 Å². The Kier molecular flexibility index (Phi) is 4.46. The molecule has 2 aliphatic carbocycles. The van der Waals surface area contributed by atoms with Crippen LogP contribution in [0.3, 0.4) is 0 Å². The van der Waals surface area contributed by atoms with Gasteiger partial charge in [0.2, 0.25) is 0 Å². The number of nitrogens with zero attached hydrogens (tertiary/aromatic N) is 3. The molecule has 0 amide bonds. The molecule has 0 saturated heterocycles. The van der Waals surface area contributed by atoms with Crippen molar-refractivity contribution in [2.24, 2.45) is 17.8 Å². The van der Waals surface area contributed by atoms with Gasteiger partial charge in [0.25, 0.3) is 0 Å². The molecule has 4 rings (SSSR count). The van der Waals surface area contributed by atoms with Gasteiger partial charge in [-0.25, -0.2) is 14.8 Å². The highest BCUT2D eigenvalue weighted by molar-refractivity contribution is 5.89. The molecule has 1 unspecified atom stereocenters. The van der Waals surface area contributed by atoms with Crippen LogP contribution in [-0.2, 0) is 21.4 Å². The summed E-state index contributed by atoms with van der Waals surface area (Å²) in [6.45, 7) is 1.93. The average Bonchev–Trinajstić information content (AvgIpc) is 2.75. The van der Waals surface area contributed by atoms with Crippen LogP contribution in [0.2, 0.25) is 0 Å². The summed E-state index contributed by atoms with van der Waals surface area (Å²) in [4.78, 5) is 33.4. The third-order valence-corrected chi connectivity index (χ3v) is 6.47. The van der Waals surface area contributed by atoms with Crippen molar-refractivity contribution in [3.8, 4) is 6.07 Å². The summed E-state index contributed by atoms with van der Waals surface area (Å²) in [5.41, 5.74) is 2.87. The van der Waals surface area contributed by atoms with E-state index >= 15 is 0 Å². The van der Waals surface area contributed by atoms with E-state index in [0.29, 0.717) is 12.0 Å². The zero-order valence-electron chi connectivity index (χ0n) is 15.9. The van der Waals surface area contributed by atoms with Crippen LogP contribution >= 0.6 is 0 Å². The first-order chi connectivity index (χ1) is 13.5. The number of nitriles is 1. The molecular weight excluding hydrogens is 354 g/mol. The van der Waals surface area contributed by atoms with Crippen molar-refractivity contribution < 1.29 is 14.3 Å². The van der Waals surface area contributed by atoms with Crippen LogP contribution in [0, 0.1) is 29.1 Å². The fourth-order valence-corrected chi connectivity index (χ4v) is 5.14. The normalized spacial score (nSPS) is 28.6. The predicted octanol–water partition coefficient (Wildman–Crippen LogP) is 2.86. The van der Waals surface area contributed by atoms with Crippen LogP contribution in [0.4, 0.5) is 0 Å². The van der Waals surface area contributed by atoms with Crippen molar-refractivity contribution in [2.75, 3.05) is 7.11 Å². The lowest BCUT2D eigenvalue weighted by molar-refractivity contribution is -0.131. The number of hydrogen-bond acceptors (Lipinski definition) is 6. The molecule has 0 aliphatic heterocycles. The monoisotopic (exact) mass is 375 g/mol. The third kappa shape index (κ3) is 2.54.